The first-order valence-corrected chi connectivity index (χ1v) is 5.95. The predicted octanol–water partition coefficient (Wildman–Crippen LogP) is 2.99. The maximum Gasteiger partial charge on any atom is 0.192 e. The van der Waals surface area contributed by atoms with Crippen LogP contribution in [0.15, 0.2) is 0 Å². The van der Waals surface area contributed by atoms with Crippen LogP contribution in [0.25, 0.3) is 0 Å². The van der Waals surface area contributed by atoms with Crippen molar-refractivity contribution in [2.45, 2.75) is 50.2 Å². The van der Waals surface area contributed by atoms with E-state index in [0.29, 0.717) is 16.3 Å². The molecule has 0 aliphatic heterocycles. The summed E-state index contributed by atoms with van der Waals surface area (Å²) in [5, 5.41) is 1.16. The van der Waals surface area contributed by atoms with Crippen LogP contribution in [0, 0.1) is 5.92 Å². The molecule has 0 atom stereocenters. The van der Waals surface area contributed by atoms with Gasteiger partial charge in [0.25, 0.3) is 0 Å². The summed E-state index contributed by atoms with van der Waals surface area (Å²) in [4.78, 5) is 11.4. The molecule has 0 unspecified atom stereocenters. The second-order valence-electron chi connectivity index (χ2n) is 3.97. The SMILES string of the molecule is O=C(SC1CCCCC1)C1CC1. The Kier molecular flexibility index (Phi) is 2.74. The number of carbonyl (C=O) groups is 1. The first kappa shape index (κ1) is 8.61. The molecule has 0 aromatic rings. The van der Waals surface area contributed by atoms with Gasteiger partial charge < -0.3 is 0 Å². The van der Waals surface area contributed by atoms with Crippen LogP contribution in [-0.4, -0.2) is 10.4 Å². The fourth-order valence-electron chi connectivity index (χ4n) is 1.76. The molecule has 0 radical (unpaired) electrons. The Labute approximate surface area is 78.3 Å². The van der Waals surface area contributed by atoms with Gasteiger partial charge in [0.05, 0.1) is 0 Å². The van der Waals surface area contributed by atoms with Gasteiger partial charge in [0.2, 0.25) is 0 Å². The molecule has 2 rings (SSSR count). The lowest BCUT2D eigenvalue weighted by Gasteiger charge is -2.19. The Morgan fingerprint density at radius 2 is 1.67 bits per heavy atom. The van der Waals surface area contributed by atoms with E-state index in [4.69, 9.17) is 0 Å². The molecule has 2 aliphatic carbocycles. The van der Waals surface area contributed by atoms with Gasteiger partial charge >= 0.3 is 0 Å². The van der Waals surface area contributed by atoms with E-state index in [1.165, 1.54) is 44.9 Å². The van der Waals surface area contributed by atoms with Crippen LogP contribution in [0.5, 0.6) is 0 Å². The lowest BCUT2D eigenvalue weighted by molar-refractivity contribution is -0.112. The molecule has 0 saturated heterocycles. The zero-order valence-corrected chi connectivity index (χ0v) is 8.24. The van der Waals surface area contributed by atoms with E-state index < -0.39 is 0 Å². The molecule has 0 bridgehead atoms. The van der Waals surface area contributed by atoms with Gasteiger partial charge in [-0.25, -0.2) is 0 Å². The van der Waals surface area contributed by atoms with Crippen molar-refractivity contribution < 1.29 is 4.79 Å². The minimum absolute atomic E-state index is 0.455. The highest BCUT2D eigenvalue weighted by atomic mass is 32.2. The molecule has 0 amide bonds. The van der Waals surface area contributed by atoms with Gasteiger partial charge in [-0.15, -0.1) is 0 Å². The minimum Gasteiger partial charge on any atom is -0.287 e. The molecule has 2 saturated carbocycles. The molecular weight excluding hydrogens is 168 g/mol. The molecule has 0 aromatic heterocycles. The van der Waals surface area contributed by atoms with Gasteiger partial charge in [-0.05, 0) is 25.7 Å². The van der Waals surface area contributed by atoms with E-state index in [0.717, 1.165) is 0 Å². The molecule has 0 spiro atoms. The Morgan fingerprint density at radius 3 is 2.25 bits per heavy atom. The maximum absolute atomic E-state index is 11.4. The summed E-state index contributed by atoms with van der Waals surface area (Å²) < 4.78 is 0. The van der Waals surface area contributed by atoms with Crippen molar-refractivity contribution in [1.82, 2.24) is 0 Å². The van der Waals surface area contributed by atoms with Crippen LogP contribution in [0.3, 0.4) is 0 Å². The summed E-state index contributed by atoms with van der Waals surface area (Å²) in [6.45, 7) is 0. The van der Waals surface area contributed by atoms with Crippen molar-refractivity contribution in [3.63, 3.8) is 0 Å². The summed E-state index contributed by atoms with van der Waals surface area (Å²) in [6, 6.07) is 0. The van der Waals surface area contributed by atoms with Crippen molar-refractivity contribution >= 4 is 16.9 Å². The molecule has 0 aromatic carbocycles. The smallest absolute Gasteiger partial charge is 0.192 e. The van der Waals surface area contributed by atoms with Crippen molar-refractivity contribution in [3.05, 3.63) is 0 Å². The fourth-order valence-corrected chi connectivity index (χ4v) is 3.09. The monoisotopic (exact) mass is 184 g/mol. The zero-order chi connectivity index (χ0) is 8.39. The van der Waals surface area contributed by atoms with Crippen LogP contribution in [0.2, 0.25) is 0 Å². The lowest BCUT2D eigenvalue weighted by Crippen LogP contribution is -2.11. The first-order valence-electron chi connectivity index (χ1n) is 5.07. The largest absolute Gasteiger partial charge is 0.287 e. The molecular formula is C10H16OS. The topological polar surface area (TPSA) is 17.1 Å². The molecule has 0 heterocycles. The number of rotatable bonds is 2. The Morgan fingerprint density at radius 1 is 1.00 bits per heavy atom. The minimum atomic E-state index is 0.455. The van der Waals surface area contributed by atoms with E-state index in [-0.39, 0.29) is 0 Å². The highest BCUT2D eigenvalue weighted by Gasteiger charge is 2.31. The van der Waals surface area contributed by atoms with Crippen molar-refractivity contribution in [3.8, 4) is 0 Å². The van der Waals surface area contributed by atoms with Crippen LogP contribution < -0.4 is 0 Å². The Balaban J connectivity index is 1.73. The van der Waals surface area contributed by atoms with Crippen molar-refractivity contribution in [2.24, 2.45) is 5.92 Å². The normalized spacial score (nSPS) is 25.7. The van der Waals surface area contributed by atoms with Crippen LogP contribution in [-0.2, 0) is 4.79 Å². The molecule has 2 aliphatic rings. The lowest BCUT2D eigenvalue weighted by atomic mass is 10.0. The van der Waals surface area contributed by atoms with Gasteiger partial charge in [-0.2, -0.15) is 0 Å². The van der Waals surface area contributed by atoms with Gasteiger partial charge in [0.1, 0.15) is 0 Å². The Hall–Kier alpha value is 0.0200. The standard InChI is InChI=1S/C10H16OS/c11-10(8-6-7-8)12-9-4-2-1-3-5-9/h8-9H,1-7H2. The average molecular weight is 184 g/mol. The van der Waals surface area contributed by atoms with E-state index >= 15 is 0 Å². The highest BCUT2D eigenvalue weighted by molar-refractivity contribution is 8.14. The quantitative estimate of drug-likeness (QED) is 0.656. The molecule has 2 heteroatoms. The van der Waals surface area contributed by atoms with Gasteiger partial charge in [-0.3, -0.25) is 4.79 Å². The van der Waals surface area contributed by atoms with E-state index in [1.54, 1.807) is 11.8 Å². The average Bonchev–Trinajstić information content (AvgIpc) is 2.88. The third-order valence-corrected chi connectivity index (χ3v) is 4.12. The van der Waals surface area contributed by atoms with Gasteiger partial charge in [0.15, 0.2) is 5.12 Å². The summed E-state index contributed by atoms with van der Waals surface area (Å²) >= 11 is 1.65. The molecule has 2 fully saturated rings. The maximum atomic E-state index is 11.4. The van der Waals surface area contributed by atoms with Gasteiger partial charge in [-0.1, -0.05) is 31.0 Å². The van der Waals surface area contributed by atoms with E-state index in [2.05, 4.69) is 0 Å². The summed E-state index contributed by atoms with van der Waals surface area (Å²) in [5.41, 5.74) is 0. The summed E-state index contributed by atoms with van der Waals surface area (Å²) in [6.07, 6.45) is 8.96. The molecule has 1 nitrogen and oxygen atoms in total. The van der Waals surface area contributed by atoms with Crippen molar-refractivity contribution in [2.75, 3.05) is 0 Å². The summed E-state index contributed by atoms with van der Waals surface area (Å²) in [5.74, 6) is 0.455. The number of thioether (sulfide) groups is 1. The third-order valence-electron chi connectivity index (χ3n) is 2.75. The zero-order valence-electron chi connectivity index (χ0n) is 7.42. The van der Waals surface area contributed by atoms with Crippen LogP contribution in [0.4, 0.5) is 0 Å². The third kappa shape index (κ3) is 2.25. The highest BCUT2D eigenvalue weighted by Crippen LogP contribution is 2.38. The Bertz CT molecular complexity index is 169. The summed E-state index contributed by atoms with van der Waals surface area (Å²) in [7, 11) is 0. The van der Waals surface area contributed by atoms with E-state index in [1.807, 2.05) is 0 Å². The molecule has 12 heavy (non-hydrogen) atoms. The molecule has 68 valence electrons. The number of hydrogen-bond acceptors (Lipinski definition) is 2. The van der Waals surface area contributed by atoms with Gasteiger partial charge in [0, 0.05) is 11.2 Å². The molecule has 0 N–H and O–H groups in total. The first-order chi connectivity index (χ1) is 5.86. The van der Waals surface area contributed by atoms with Crippen LogP contribution >= 0.6 is 11.8 Å². The van der Waals surface area contributed by atoms with E-state index in [9.17, 15) is 4.79 Å². The second kappa shape index (κ2) is 3.82. The number of carbonyl (C=O) groups excluding carboxylic acids is 1. The number of hydrogen-bond donors (Lipinski definition) is 0. The van der Waals surface area contributed by atoms with Crippen LogP contribution in [0.1, 0.15) is 44.9 Å². The van der Waals surface area contributed by atoms with Crippen molar-refractivity contribution in [1.29, 1.82) is 0 Å². The fraction of sp³-hybridized carbons (Fsp3) is 0.900. The predicted molar refractivity (Wildman–Crippen MR) is 52.2 cm³/mol. The second-order valence-corrected chi connectivity index (χ2v) is 5.28.